The summed E-state index contributed by atoms with van der Waals surface area (Å²) in [5, 5.41) is 10.6. The fourth-order valence-electron chi connectivity index (χ4n) is 2.20. The van der Waals surface area contributed by atoms with Gasteiger partial charge < -0.3 is 14.5 Å². The number of furan rings is 1. The van der Waals surface area contributed by atoms with Gasteiger partial charge in [-0.25, -0.2) is 9.48 Å². The van der Waals surface area contributed by atoms with Crippen LogP contribution in [0.5, 0.6) is 0 Å². The topological polar surface area (TPSA) is 99.3 Å². The summed E-state index contributed by atoms with van der Waals surface area (Å²) in [7, 11) is 0. The zero-order chi connectivity index (χ0) is 16.9. The molecule has 8 nitrogen and oxygen atoms in total. The molecule has 0 unspecified atom stereocenters. The van der Waals surface area contributed by atoms with Crippen LogP contribution in [0.3, 0.4) is 0 Å². The van der Waals surface area contributed by atoms with Crippen molar-refractivity contribution in [2.45, 2.75) is 20.0 Å². The highest BCUT2D eigenvalue weighted by Crippen LogP contribution is 2.14. The van der Waals surface area contributed by atoms with Crippen molar-refractivity contribution in [2.24, 2.45) is 0 Å². The molecule has 0 radical (unpaired) electrons. The molecule has 2 aromatic heterocycles. The lowest BCUT2D eigenvalue weighted by Gasteiger charge is -2.05. The molecule has 1 N–H and O–H groups in total. The molecule has 8 heteroatoms. The molecule has 0 saturated carbocycles. The van der Waals surface area contributed by atoms with Gasteiger partial charge in [0.25, 0.3) is 5.91 Å². The van der Waals surface area contributed by atoms with Gasteiger partial charge in [-0.05, 0) is 37.3 Å². The molecule has 0 saturated heterocycles. The van der Waals surface area contributed by atoms with Crippen LogP contribution in [0.25, 0.3) is 11.0 Å². The smallest absolute Gasteiger partial charge is 0.338 e. The van der Waals surface area contributed by atoms with Gasteiger partial charge in [-0.1, -0.05) is 5.21 Å². The highest BCUT2D eigenvalue weighted by molar-refractivity contribution is 5.94. The molecule has 0 atom stereocenters. The summed E-state index contributed by atoms with van der Waals surface area (Å²) in [5.41, 5.74) is 1.77. The van der Waals surface area contributed by atoms with E-state index in [0.717, 1.165) is 5.52 Å². The standard InChI is InChI=1S/C16H16N4O4/c1-2-20-14-6-5-11(8-13(14)18-19-20)16(22)24-10-15(21)17-9-12-4-3-7-23-12/h3-8H,2,9-10H2,1H3,(H,17,21). The second kappa shape index (κ2) is 6.95. The van der Waals surface area contributed by atoms with Gasteiger partial charge in [0.05, 0.1) is 23.9 Å². The molecule has 0 bridgehead atoms. The van der Waals surface area contributed by atoms with E-state index in [1.807, 2.05) is 6.92 Å². The maximum absolute atomic E-state index is 12.0. The Labute approximate surface area is 137 Å². The minimum atomic E-state index is -0.587. The number of amides is 1. The molecule has 0 aliphatic rings. The number of esters is 1. The second-order valence-corrected chi connectivity index (χ2v) is 5.04. The van der Waals surface area contributed by atoms with Crippen molar-refractivity contribution in [1.29, 1.82) is 0 Å². The molecule has 1 amide bonds. The molecule has 3 rings (SSSR count). The Morgan fingerprint density at radius 3 is 2.96 bits per heavy atom. The Morgan fingerprint density at radius 2 is 2.21 bits per heavy atom. The number of aryl methyl sites for hydroxylation is 1. The van der Waals surface area contributed by atoms with Gasteiger partial charge in [-0.15, -0.1) is 5.10 Å². The third kappa shape index (κ3) is 3.43. The Hall–Kier alpha value is -3.16. The minimum Gasteiger partial charge on any atom is -0.467 e. The van der Waals surface area contributed by atoms with Gasteiger partial charge in [-0.2, -0.15) is 0 Å². The predicted octanol–water partition coefficient (Wildman–Crippen LogP) is 1.52. The van der Waals surface area contributed by atoms with Crippen LogP contribution in [-0.2, 0) is 22.6 Å². The maximum atomic E-state index is 12.0. The van der Waals surface area contributed by atoms with Gasteiger partial charge in [-0.3, -0.25) is 4.79 Å². The molecule has 0 aliphatic heterocycles. The largest absolute Gasteiger partial charge is 0.467 e. The lowest BCUT2D eigenvalue weighted by atomic mass is 10.2. The summed E-state index contributed by atoms with van der Waals surface area (Å²) in [5.74, 6) is -0.368. The molecule has 0 fully saturated rings. The molecule has 3 aromatic rings. The SMILES string of the molecule is CCn1nnc2cc(C(=O)OCC(=O)NCc3ccco3)ccc21. The third-order valence-electron chi connectivity index (χ3n) is 3.42. The number of carbonyl (C=O) groups excluding carboxylic acids is 2. The van der Waals surface area contributed by atoms with Crippen LogP contribution < -0.4 is 5.32 Å². The van der Waals surface area contributed by atoms with E-state index in [1.165, 1.54) is 6.26 Å². The molecule has 0 aliphatic carbocycles. The summed E-state index contributed by atoms with van der Waals surface area (Å²) in [6.07, 6.45) is 1.52. The first-order chi connectivity index (χ1) is 11.7. The predicted molar refractivity (Wildman–Crippen MR) is 84.0 cm³/mol. The van der Waals surface area contributed by atoms with Gasteiger partial charge in [0.1, 0.15) is 11.3 Å². The summed E-state index contributed by atoms with van der Waals surface area (Å²) in [4.78, 5) is 23.7. The fraction of sp³-hybridized carbons (Fsp3) is 0.250. The Balaban J connectivity index is 1.55. The van der Waals surface area contributed by atoms with E-state index in [4.69, 9.17) is 9.15 Å². The van der Waals surface area contributed by atoms with E-state index in [2.05, 4.69) is 15.6 Å². The van der Waals surface area contributed by atoms with Crippen molar-refractivity contribution >= 4 is 22.9 Å². The van der Waals surface area contributed by atoms with Crippen molar-refractivity contribution in [3.8, 4) is 0 Å². The molecule has 124 valence electrons. The van der Waals surface area contributed by atoms with E-state index in [-0.39, 0.29) is 13.2 Å². The Morgan fingerprint density at radius 1 is 1.33 bits per heavy atom. The first-order valence-corrected chi connectivity index (χ1v) is 7.47. The van der Waals surface area contributed by atoms with Crippen LogP contribution >= 0.6 is 0 Å². The monoisotopic (exact) mass is 328 g/mol. The summed E-state index contributed by atoms with van der Waals surface area (Å²) < 4.78 is 11.8. The van der Waals surface area contributed by atoms with Crippen LogP contribution in [0.4, 0.5) is 0 Å². The van der Waals surface area contributed by atoms with E-state index in [9.17, 15) is 9.59 Å². The minimum absolute atomic E-state index is 0.246. The van der Waals surface area contributed by atoms with Crippen LogP contribution in [-0.4, -0.2) is 33.5 Å². The molecule has 1 aromatic carbocycles. The van der Waals surface area contributed by atoms with E-state index < -0.39 is 11.9 Å². The molecule has 0 spiro atoms. The lowest BCUT2D eigenvalue weighted by molar-refractivity contribution is -0.124. The number of fused-ring (bicyclic) bond motifs is 1. The number of nitrogens with one attached hydrogen (secondary N) is 1. The number of aromatic nitrogens is 3. The summed E-state index contributed by atoms with van der Waals surface area (Å²) in [6, 6.07) is 8.45. The molecule has 24 heavy (non-hydrogen) atoms. The van der Waals surface area contributed by atoms with E-state index >= 15 is 0 Å². The second-order valence-electron chi connectivity index (χ2n) is 5.04. The van der Waals surface area contributed by atoms with Crippen LogP contribution in [0.15, 0.2) is 41.0 Å². The quantitative estimate of drug-likeness (QED) is 0.689. The zero-order valence-corrected chi connectivity index (χ0v) is 13.1. The molecular weight excluding hydrogens is 312 g/mol. The van der Waals surface area contributed by atoms with Gasteiger partial charge >= 0.3 is 5.97 Å². The highest BCUT2D eigenvalue weighted by Gasteiger charge is 2.13. The van der Waals surface area contributed by atoms with Crippen molar-refractivity contribution in [1.82, 2.24) is 20.3 Å². The number of ether oxygens (including phenoxy) is 1. The van der Waals surface area contributed by atoms with Crippen LogP contribution in [0.1, 0.15) is 23.0 Å². The first-order valence-electron chi connectivity index (χ1n) is 7.47. The Bertz CT molecular complexity index is 854. The summed E-state index contributed by atoms with van der Waals surface area (Å²) in [6.45, 7) is 2.53. The number of benzene rings is 1. The van der Waals surface area contributed by atoms with Gasteiger partial charge in [0, 0.05) is 6.54 Å². The number of rotatable bonds is 6. The third-order valence-corrected chi connectivity index (χ3v) is 3.42. The lowest BCUT2D eigenvalue weighted by Crippen LogP contribution is -2.28. The maximum Gasteiger partial charge on any atom is 0.338 e. The normalized spacial score (nSPS) is 10.7. The fourth-order valence-corrected chi connectivity index (χ4v) is 2.20. The average Bonchev–Trinajstić information content (AvgIpc) is 3.26. The van der Waals surface area contributed by atoms with Crippen molar-refractivity contribution in [3.63, 3.8) is 0 Å². The molecular formula is C16H16N4O4. The number of carbonyl (C=O) groups is 2. The molecule has 2 heterocycles. The van der Waals surface area contributed by atoms with Crippen LogP contribution in [0.2, 0.25) is 0 Å². The van der Waals surface area contributed by atoms with Gasteiger partial charge in [0.15, 0.2) is 6.61 Å². The average molecular weight is 328 g/mol. The van der Waals surface area contributed by atoms with Crippen molar-refractivity contribution in [3.05, 3.63) is 47.9 Å². The Kier molecular flexibility index (Phi) is 4.55. The number of nitrogens with zero attached hydrogens (tertiary/aromatic N) is 3. The number of hydrogen-bond acceptors (Lipinski definition) is 6. The van der Waals surface area contributed by atoms with Crippen molar-refractivity contribution < 1.29 is 18.7 Å². The van der Waals surface area contributed by atoms with Gasteiger partial charge in [0.2, 0.25) is 0 Å². The zero-order valence-electron chi connectivity index (χ0n) is 13.1. The first kappa shape index (κ1) is 15.7. The van der Waals surface area contributed by atoms with Crippen LogP contribution in [0, 0.1) is 0 Å². The van der Waals surface area contributed by atoms with E-state index in [0.29, 0.717) is 23.4 Å². The number of hydrogen-bond donors (Lipinski definition) is 1. The summed E-state index contributed by atoms with van der Waals surface area (Å²) >= 11 is 0. The highest BCUT2D eigenvalue weighted by atomic mass is 16.5. The van der Waals surface area contributed by atoms with E-state index in [1.54, 1.807) is 35.0 Å². The van der Waals surface area contributed by atoms with Crippen molar-refractivity contribution in [2.75, 3.05) is 6.61 Å².